The average molecular weight is 200 g/mol. The Kier molecular flexibility index (Phi) is 12.2. The maximum atomic E-state index is 9.73. The van der Waals surface area contributed by atoms with E-state index >= 15 is 0 Å². The highest BCUT2D eigenvalue weighted by atomic mass is 16.3. The van der Waals surface area contributed by atoms with Crippen molar-refractivity contribution < 1.29 is 0 Å². The molecule has 0 spiro atoms. The molecule has 0 aliphatic rings. The molecule has 1 N–H and O–H groups in total. The lowest BCUT2D eigenvalue weighted by Crippen LogP contribution is -2.14. The predicted octanol–water partition coefficient (Wildman–Crippen LogP) is 3.44. The molecule has 0 unspecified atom stereocenters. The first-order valence-corrected chi connectivity index (χ1v) is 5.91. The maximum Gasteiger partial charge on any atom is 0.131 e. The monoisotopic (exact) mass is 200 g/mol. The summed E-state index contributed by atoms with van der Waals surface area (Å²) in [6.45, 7) is 3.43. The van der Waals surface area contributed by atoms with E-state index in [1.54, 1.807) is 0 Å². The van der Waals surface area contributed by atoms with E-state index in [0.717, 1.165) is 6.54 Å². The van der Waals surface area contributed by atoms with Crippen molar-refractivity contribution in [1.82, 2.24) is 5.32 Å². The van der Waals surface area contributed by atoms with Gasteiger partial charge < -0.3 is 0 Å². The van der Waals surface area contributed by atoms with E-state index in [1.165, 1.54) is 51.4 Å². The van der Waals surface area contributed by atoms with Gasteiger partial charge in [-0.15, -0.1) is 4.91 Å². The van der Waals surface area contributed by atoms with Gasteiger partial charge in [0.15, 0.2) is 0 Å². The minimum absolute atomic E-state index is 0.260. The Labute approximate surface area is 87.6 Å². The fourth-order valence-electron chi connectivity index (χ4n) is 1.51. The lowest BCUT2D eigenvalue weighted by Gasteiger charge is -2.01. The zero-order valence-corrected chi connectivity index (χ0v) is 9.43. The molecule has 0 saturated carbocycles. The topological polar surface area (TPSA) is 41.5 Å². The van der Waals surface area contributed by atoms with Crippen molar-refractivity contribution in [3.8, 4) is 0 Å². The first-order chi connectivity index (χ1) is 6.91. The van der Waals surface area contributed by atoms with Crippen molar-refractivity contribution in [2.24, 2.45) is 5.18 Å². The molecule has 0 fully saturated rings. The second-order valence-corrected chi connectivity index (χ2v) is 3.76. The maximum absolute atomic E-state index is 9.73. The number of nitrogens with zero attached hydrogens (tertiary/aromatic N) is 1. The number of hydrogen-bond donors (Lipinski definition) is 1. The predicted molar refractivity (Wildman–Crippen MR) is 61.3 cm³/mol. The molecule has 0 heterocycles. The second kappa shape index (κ2) is 12.6. The molecule has 0 aliphatic heterocycles. The highest BCUT2D eigenvalue weighted by Gasteiger charge is 1.91. The van der Waals surface area contributed by atoms with Crippen LogP contribution in [-0.2, 0) is 0 Å². The average Bonchev–Trinajstić information content (AvgIpc) is 2.21. The molecule has 0 aromatic rings. The number of nitroso groups, excluding NO2 is 1. The first kappa shape index (κ1) is 13.6. The molecule has 0 aromatic heterocycles. The quantitative estimate of drug-likeness (QED) is 0.410. The first-order valence-electron chi connectivity index (χ1n) is 5.91. The molecule has 0 rings (SSSR count). The standard InChI is InChI=1S/C11H24N2O/c1-2-3-4-5-6-7-8-9-10-12-11-13-14/h12H,2-11H2,1H3. The third-order valence-electron chi connectivity index (χ3n) is 2.38. The number of unbranched alkanes of at least 4 members (excludes halogenated alkanes) is 7. The van der Waals surface area contributed by atoms with E-state index in [9.17, 15) is 4.91 Å². The van der Waals surface area contributed by atoms with Crippen molar-refractivity contribution in [1.29, 1.82) is 0 Å². The van der Waals surface area contributed by atoms with E-state index in [-0.39, 0.29) is 6.67 Å². The van der Waals surface area contributed by atoms with Crippen molar-refractivity contribution >= 4 is 0 Å². The normalized spacial score (nSPS) is 10.4. The Morgan fingerprint density at radius 3 is 2.07 bits per heavy atom. The van der Waals surface area contributed by atoms with Gasteiger partial charge in [0.05, 0.1) is 0 Å². The van der Waals surface area contributed by atoms with E-state index in [4.69, 9.17) is 0 Å². The number of hydrogen-bond acceptors (Lipinski definition) is 3. The van der Waals surface area contributed by atoms with E-state index in [1.807, 2.05) is 0 Å². The number of nitrogens with one attached hydrogen (secondary N) is 1. The third kappa shape index (κ3) is 11.6. The van der Waals surface area contributed by atoms with Crippen LogP contribution in [0, 0.1) is 4.91 Å². The van der Waals surface area contributed by atoms with Crippen LogP contribution in [0.2, 0.25) is 0 Å². The summed E-state index contributed by atoms with van der Waals surface area (Å²) >= 11 is 0. The van der Waals surface area contributed by atoms with Gasteiger partial charge in [0.25, 0.3) is 0 Å². The molecular formula is C11H24N2O. The largest absolute Gasteiger partial charge is 0.295 e. The molecule has 14 heavy (non-hydrogen) atoms. The van der Waals surface area contributed by atoms with Crippen LogP contribution >= 0.6 is 0 Å². The van der Waals surface area contributed by atoms with Gasteiger partial charge in [-0.3, -0.25) is 5.32 Å². The van der Waals surface area contributed by atoms with Crippen LogP contribution in [0.5, 0.6) is 0 Å². The summed E-state index contributed by atoms with van der Waals surface area (Å²) in [6.07, 6.45) is 10.6. The molecule has 0 aromatic carbocycles. The van der Waals surface area contributed by atoms with Crippen LogP contribution in [0.1, 0.15) is 58.3 Å². The van der Waals surface area contributed by atoms with Crippen LogP contribution in [0.3, 0.4) is 0 Å². The van der Waals surface area contributed by atoms with Crippen LogP contribution in [0.25, 0.3) is 0 Å². The lowest BCUT2D eigenvalue weighted by molar-refractivity contribution is 0.558. The van der Waals surface area contributed by atoms with Crippen LogP contribution in [-0.4, -0.2) is 13.2 Å². The molecule has 0 amide bonds. The fraction of sp³-hybridized carbons (Fsp3) is 1.00. The molecule has 0 radical (unpaired) electrons. The van der Waals surface area contributed by atoms with Gasteiger partial charge in [-0.05, 0) is 13.0 Å². The van der Waals surface area contributed by atoms with Gasteiger partial charge >= 0.3 is 0 Å². The van der Waals surface area contributed by atoms with E-state index in [2.05, 4.69) is 17.4 Å². The second-order valence-electron chi connectivity index (χ2n) is 3.76. The summed E-state index contributed by atoms with van der Waals surface area (Å²) in [5.74, 6) is 0. The van der Waals surface area contributed by atoms with Gasteiger partial charge in [-0.25, -0.2) is 0 Å². The van der Waals surface area contributed by atoms with Gasteiger partial charge in [-0.1, -0.05) is 57.0 Å². The van der Waals surface area contributed by atoms with E-state index < -0.39 is 0 Å². The van der Waals surface area contributed by atoms with Crippen molar-refractivity contribution in [2.75, 3.05) is 13.2 Å². The molecular weight excluding hydrogens is 176 g/mol. The van der Waals surface area contributed by atoms with Gasteiger partial charge in [0.1, 0.15) is 6.67 Å². The molecule has 0 aliphatic carbocycles. The third-order valence-corrected chi connectivity index (χ3v) is 2.38. The highest BCUT2D eigenvalue weighted by Crippen LogP contribution is 2.07. The minimum Gasteiger partial charge on any atom is -0.295 e. The highest BCUT2D eigenvalue weighted by molar-refractivity contribution is 4.48. The van der Waals surface area contributed by atoms with Crippen LogP contribution in [0.4, 0.5) is 0 Å². The van der Waals surface area contributed by atoms with Crippen molar-refractivity contribution in [2.45, 2.75) is 58.3 Å². The smallest absolute Gasteiger partial charge is 0.131 e. The van der Waals surface area contributed by atoms with Crippen molar-refractivity contribution in [3.05, 3.63) is 4.91 Å². The van der Waals surface area contributed by atoms with Crippen LogP contribution < -0.4 is 5.32 Å². The summed E-state index contributed by atoms with van der Waals surface area (Å²) in [6, 6.07) is 0. The van der Waals surface area contributed by atoms with Gasteiger partial charge in [0.2, 0.25) is 0 Å². The Balaban J connectivity index is 2.81. The Bertz CT molecular complexity index is 118. The Morgan fingerprint density at radius 1 is 0.929 bits per heavy atom. The molecule has 0 atom stereocenters. The molecule has 0 bridgehead atoms. The summed E-state index contributed by atoms with van der Waals surface area (Å²) in [4.78, 5) is 9.73. The fourth-order valence-corrected chi connectivity index (χ4v) is 1.51. The zero-order chi connectivity index (χ0) is 10.5. The summed E-state index contributed by atoms with van der Waals surface area (Å²) in [5.41, 5.74) is 0. The minimum atomic E-state index is 0.260. The summed E-state index contributed by atoms with van der Waals surface area (Å²) in [7, 11) is 0. The summed E-state index contributed by atoms with van der Waals surface area (Å²) in [5, 5.41) is 5.71. The molecule has 0 saturated heterocycles. The summed E-state index contributed by atoms with van der Waals surface area (Å²) < 4.78 is 0. The zero-order valence-electron chi connectivity index (χ0n) is 9.43. The molecule has 3 nitrogen and oxygen atoms in total. The SMILES string of the molecule is CCCCCCCCCCNCN=O. The van der Waals surface area contributed by atoms with Crippen LogP contribution in [0.15, 0.2) is 5.18 Å². The molecule has 84 valence electrons. The molecule has 3 heteroatoms. The Morgan fingerprint density at radius 2 is 1.50 bits per heavy atom. The number of rotatable bonds is 11. The Hall–Kier alpha value is -0.440. The van der Waals surface area contributed by atoms with Gasteiger partial charge in [0, 0.05) is 0 Å². The lowest BCUT2D eigenvalue weighted by atomic mass is 10.1. The van der Waals surface area contributed by atoms with E-state index in [0.29, 0.717) is 0 Å². The van der Waals surface area contributed by atoms with Crippen molar-refractivity contribution in [3.63, 3.8) is 0 Å². The van der Waals surface area contributed by atoms with Gasteiger partial charge in [-0.2, -0.15) is 0 Å².